The third kappa shape index (κ3) is 13.6. The zero-order valence-electron chi connectivity index (χ0n) is 30.3. The van der Waals surface area contributed by atoms with Crippen molar-refractivity contribution in [2.45, 2.75) is 78.3 Å². The van der Waals surface area contributed by atoms with Crippen LogP contribution in [0.2, 0.25) is 0 Å². The van der Waals surface area contributed by atoms with Crippen LogP contribution in [0.4, 0.5) is 0 Å². The molecule has 1 aliphatic carbocycles. The Balaban J connectivity index is 1.97. The van der Waals surface area contributed by atoms with Gasteiger partial charge in [-0.05, 0) is 47.5 Å². The Morgan fingerprint density at radius 3 is 1.15 bits per heavy atom. The lowest BCUT2D eigenvalue weighted by Crippen LogP contribution is -2.60. The number of hydrogen-bond donors (Lipinski definition) is 1. The van der Waals surface area contributed by atoms with Crippen LogP contribution in [-0.4, -0.2) is 82.7 Å². The average molecular weight is 769 g/mol. The van der Waals surface area contributed by atoms with E-state index in [0.717, 1.165) is 53.7 Å². The number of ether oxygens (including phenoxy) is 8. The number of carbonyl (C=O) groups is 9. The van der Waals surface area contributed by atoms with E-state index in [1.807, 2.05) is 0 Å². The van der Waals surface area contributed by atoms with Crippen molar-refractivity contribution in [3.05, 3.63) is 59.7 Å². The summed E-state index contributed by atoms with van der Waals surface area (Å²) in [5, 5.41) is 10.2. The number of hydrogen-bond acceptors (Lipinski definition) is 17. The van der Waals surface area contributed by atoms with Crippen LogP contribution in [0.5, 0.6) is 23.0 Å². The summed E-state index contributed by atoms with van der Waals surface area (Å²) in [5.41, 5.74) is -2.08. The summed E-state index contributed by atoms with van der Waals surface area (Å²) in [6, 6.07) is 7.79. The summed E-state index contributed by atoms with van der Waals surface area (Å²) in [6.45, 7) is 6.47. The normalized spacial score (nSPS) is 19.1. The molecule has 0 aromatic heterocycles. The standard InChI is InChI=1S/C37H36O18/c1-19(38)48-27-11-25(12-28(15-27)49-20(2)39)7-9-33(44)53-31-17-37(36(46)47,55-24(6)43)18-32(35(31)52-23(5)42)54-34(45)10-8-26-13-29(50-21(3)40)16-30(14-26)51-22(4)41/h7-16,31-32,35H,17-18H2,1-6H3,(H,46,47)/b9-7+,10-8+. The largest absolute Gasteiger partial charge is 0.478 e. The van der Waals surface area contributed by atoms with Crippen molar-refractivity contribution in [2.24, 2.45) is 0 Å². The molecule has 1 N–H and O–H groups in total. The van der Waals surface area contributed by atoms with Crippen LogP contribution in [0.1, 0.15) is 65.5 Å². The van der Waals surface area contributed by atoms with Crippen molar-refractivity contribution in [1.82, 2.24) is 0 Å². The fraction of sp³-hybridized carbons (Fsp3) is 0.324. The first-order chi connectivity index (χ1) is 25.7. The molecule has 0 aliphatic heterocycles. The molecule has 2 unspecified atom stereocenters. The predicted molar refractivity (Wildman–Crippen MR) is 183 cm³/mol. The van der Waals surface area contributed by atoms with E-state index in [-0.39, 0.29) is 34.1 Å². The number of esters is 8. The van der Waals surface area contributed by atoms with Gasteiger partial charge in [0, 0.05) is 78.7 Å². The molecule has 2 aromatic rings. The molecule has 0 bridgehead atoms. The average Bonchev–Trinajstić information content (AvgIpc) is 3.02. The molecule has 2 aromatic carbocycles. The number of carboxylic acids is 1. The molecule has 0 heterocycles. The Kier molecular flexibility index (Phi) is 14.5. The van der Waals surface area contributed by atoms with Gasteiger partial charge >= 0.3 is 53.7 Å². The third-order valence-electron chi connectivity index (χ3n) is 7.04. The highest BCUT2D eigenvalue weighted by molar-refractivity contribution is 5.89. The first kappa shape index (κ1) is 42.6. The fourth-order valence-electron chi connectivity index (χ4n) is 5.33. The number of rotatable bonds is 13. The van der Waals surface area contributed by atoms with Gasteiger partial charge in [0.15, 0.2) is 6.10 Å². The lowest BCUT2D eigenvalue weighted by Gasteiger charge is -2.43. The SMILES string of the molecule is CC(=O)Oc1cc(/C=C/C(=O)OC2CC(OC(C)=O)(C(=O)O)CC(OC(=O)/C=C/c3cc(OC(C)=O)cc(OC(C)=O)c3)C2OC(C)=O)cc(OC(C)=O)c1. The summed E-state index contributed by atoms with van der Waals surface area (Å²) in [7, 11) is 0. The van der Waals surface area contributed by atoms with Crippen LogP contribution in [0.15, 0.2) is 48.6 Å². The summed E-state index contributed by atoms with van der Waals surface area (Å²) in [4.78, 5) is 109. The van der Waals surface area contributed by atoms with Crippen molar-refractivity contribution in [3.8, 4) is 23.0 Å². The monoisotopic (exact) mass is 768 g/mol. The molecule has 55 heavy (non-hydrogen) atoms. The van der Waals surface area contributed by atoms with Crippen molar-refractivity contribution in [3.63, 3.8) is 0 Å². The number of carboxylic acid groups (broad SMARTS) is 1. The summed E-state index contributed by atoms with van der Waals surface area (Å²) >= 11 is 0. The van der Waals surface area contributed by atoms with E-state index >= 15 is 0 Å². The molecule has 0 amide bonds. The lowest BCUT2D eigenvalue weighted by molar-refractivity contribution is -0.219. The summed E-state index contributed by atoms with van der Waals surface area (Å²) < 4.78 is 41.8. The number of aliphatic carboxylic acids is 1. The van der Waals surface area contributed by atoms with E-state index < -0.39 is 90.5 Å². The number of carbonyl (C=O) groups excluding carboxylic acids is 8. The third-order valence-corrected chi connectivity index (χ3v) is 7.04. The Morgan fingerprint density at radius 2 is 0.873 bits per heavy atom. The van der Waals surface area contributed by atoms with Crippen molar-refractivity contribution in [1.29, 1.82) is 0 Å². The lowest BCUT2D eigenvalue weighted by atomic mass is 9.79. The van der Waals surface area contributed by atoms with E-state index in [2.05, 4.69) is 0 Å². The number of benzene rings is 2. The van der Waals surface area contributed by atoms with Crippen LogP contribution >= 0.6 is 0 Å². The van der Waals surface area contributed by atoms with Crippen LogP contribution in [0.25, 0.3) is 12.2 Å². The maximum atomic E-state index is 13.2. The molecule has 2 atom stereocenters. The fourth-order valence-corrected chi connectivity index (χ4v) is 5.33. The minimum absolute atomic E-state index is 0.0327. The highest BCUT2D eigenvalue weighted by Crippen LogP contribution is 2.38. The van der Waals surface area contributed by atoms with Gasteiger partial charge in [-0.3, -0.25) is 28.8 Å². The molecule has 1 saturated carbocycles. The topological polar surface area (TPSA) is 248 Å². The molecule has 18 heteroatoms. The van der Waals surface area contributed by atoms with Gasteiger partial charge < -0.3 is 43.0 Å². The Hall–Kier alpha value is -6.85. The second-order valence-corrected chi connectivity index (χ2v) is 11.8. The van der Waals surface area contributed by atoms with Gasteiger partial charge in [0.05, 0.1) is 0 Å². The highest BCUT2D eigenvalue weighted by atomic mass is 16.6. The van der Waals surface area contributed by atoms with E-state index in [9.17, 15) is 48.3 Å². The minimum atomic E-state index is -2.44. The van der Waals surface area contributed by atoms with Gasteiger partial charge in [0.25, 0.3) is 0 Å². The minimum Gasteiger partial charge on any atom is -0.478 e. The van der Waals surface area contributed by atoms with E-state index in [0.29, 0.717) is 0 Å². The second kappa shape index (κ2) is 18.8. The van der Waals surface area contributed by atoms with E-state index in [4.69, 9.17) is 37.9 Å². The molecule has 1 aliphatic rings. The van der Waals surface area contributed by atoms with Crippen molar-refractivity contribution >= 4 is 65.9 Å². The molecular formula is C37H36O18. The first-order valence-electron chi connectivity index (χ1n) is 16.1. The Bertz CT molecular complexity index is 1760. The molecule has 292 valence electrons. The quantitative estimate of drug-likeness (QED) is 0.133. The van der Waals surface area contributed by atoms with Crippen LogP contribution in [-0.2, 0) is 62.1 Å². The highest BCUT2D eigenvalue weighted by Gasteiger charge is 2.57. The summed E-state index contributed by atoms with van der Waals surface area (Å²) in [6.07, 6.45) is -2.41. The Morgan fingerprint density at radius 1 is 0.527 bits per heavy atom. The molecule has 3 rings (SSSR count). The molecule has 0 spiro atoms. The van der Waals surface area contributed by atoms with E-state index in [1.165, 1.54) is 48.6 Å². The summed E-state index contributed by atoms with van der Waals surface area (Å²) in [5.74, 6) is -8.85. The Labute approximate surface area is 312 Å². The van der Waals surface area contributed by atoms with Crippen molar-refractivity contribution < 1.29 is 86.2 Å². The zero-order valence-corrected chi connectivity index (χ0v) is 30.3. The second-order valence-electron chi connectivity index (χ2n) is 11.8. The van der Waals surface area contributed by atoms with Crippen LogP contribution < -0.4 is 18.9 Å². The zero-order chi connectivity index (χ0) is 41.0. The smallest absolute Gasteiger partial charge is 0.348 e. The van der Waals surface area contributed by atoms with Gasteiger partial charge in [-0.1, -0.05) is 0 Å². The van der Waals surface area contributed by atoms with Gasteiger partial charge in [0.2, 0.25) is 5.60 Å². The first-order valence-corrected chi connectivity index (χ1v) is 16.1. The van der Waals surface area contributed by atoms with Crippen LogP contribution in [0.3, 0.4) is 0 Å². The molecule has 0 saturated heterocycles. The van der Waals surface area contributed by atoms with Gasteiger partial charge in [-0.25, -0.2) is 14.4 Å². The molecule has 1 fully saturated rings. The maximum Gasteiger partial charge on any atom is 0.348 e. The molecular weight excluding hydrogens is 732 g/mol. The molecule has 18 nitrogen and oxygen atoms in total. The maximum absolute atomic E-state index is 13.2. The van der Waals surface area contributed by atoms with Gasteiger partial charge in [0.1, 0.15) is 35.2 Å². The van der Waals surface area contributed by atoms with E-state index in [1.54, 1.807) is 0 Å². The molecule has 0 radical (unpaired) electrons. The van der Waals surface area contributed by atoms with Gasteiger partial charge in [-0.15, -0.1) is 0 Å². The van der Waals surface area contributed by atoms with Crippen LogP contribution in [0, 0.1) is 0 Å². The van der Waals surface area contributed by atoms with Crippen molar-refractivity contribution in [2.75, 3.05) is 0 Å². The predicted octanol–water partition coefficient (Wildman–Crippen LogP) is 3.05. The van der Waals surface area contributed by atoms with Gasteiger partial charge in [-0.2, -0.15) is 0 Å².